The van der Waals surface area contributed by atoms with Gasteiger partial charge in [0.25, 0.3) is 5.56 Å². The van der Waals surface area contributed by atoms with Gasteiger partial charge in [0.2, 0.25) is 0 Å². The molecule has 0 aliphatic heterocycles. The van der Waals surface area contributed by atoms with Gasteiger partial charge in [-0.25, -0.2) is 0 Å². The van der Waals surface area contributed by atoms with Gasteiger partial charge in [0.1, 0.15) is 0 Å². The van der Waals surface area contributed by atoms with E-state index >= 15 is 0 Å². The van der Waals surface area contributed by atoms with E-state index < -0.39 is 0 Å². The van der Waals surface area contributed by atoms with Crippen molar-refractivity contribution in [3.63, 3.8) is 0 Å². The predicted molar refractivity (Wildman–Crippen MR) is 61.7 cm³/mol. The summed E-state index contributed by atoms with van der Waals surface area (Å²) in [5, 5.41) is 4.03. The summed E-state index contributed by atoms with van der Waals surface area (Å²) in [5.41, 5.74) is 2.28. The molecule has 0 saturated heterocycles. The maximum Gasteiger partial charge on any atom is 0.274 e. The minimum atomic E-state index is -0.103. The summed E-state index contributed by atoms with van der Waals surface area (Å²) in [6.45, 7) is 3.81. The maximum absolute atomic E-state index is 11.8. The highest BCUT2D eigenvalue weighted by molar-refractivity contribution is 5.29. The van der Waals surface area contributed by atoms with Gasteiger partial charge in [0.15, 0.2) is 0 Å². The second-order valence-electron chi connectivity index (χ2n) is 3.59. The van der Waals surface area contributed by atoms with Crippen molar-refractivity contribution < 1.29 is 0 Å². The van der Waals surface area contributed by atoms with Crippen molar-refractivity contribution in [2.45, 2.75) is 20.3 Å². The van der Waals surface area contributed by atoms with E-state index in [-0.39, 0.29) is 5.56 Å². The summed E-state index contributed by atoms with van der Waals surface area (Å²) >= 11 is 0. The fraction of sp³-hybridized carbons (Fsp3) is 0.250. The maximum atomic E-state index is 11.8. The summed E-state index contributed by atoms with van der Waals surface area (Å²) in [7, 11) is 0. The van der Waals surface area contributed by atoms with E-state index in [1.807, 2.05) is 19.1 Å². The minimum absolute atomic E-state index is 0.103. The van der Waals surface area contributed by atoms with Crippen LogP contribution in [0.2, 0.25) is 0 Å². The second kappa shape index (κ2) is 4.26. The molecule has 0 aliphatic carbocycles. The fourth-order valence-corrected chi connectivity index (χ4v) is 1.44. The first-order valence-electron chi connectivity index (χ1n) is 5.22. The molecule has 0 bridgehead atoms. The molecule has 0 fully saturated rings. The zero-order chi connectivity index (χ0) is 11.5. The Morgan fingerprint density at radius 3 is 2.75 bits per heavy atom. The van der Waals surface area contributed by atoms with Crippen LogP contribution in [0.5, 0.6) is 0 Å². The van der Waals surface area contributed by atoms with Crippen LogP contribution in [0.25, 0.3) is 5.69 Å². The Kier molecular flexibility index (Phi) is 2.81. The Labute approximate surface area is 93.6 Å². The number of hydrogen-bond donors (Lipinski definition) is 0. The highest BCUT2D eigenvalue weighted by atomic mass is 16.1. The van der Waals surface area contributed by atoms with Gasteiger partial charge < -0.3 is 0 Å². The molecular formula is C12H13N3O. The lowest BCUT2D eigenvalue weighted by Crippen LogP contribution is -2.22. The van der Waals surface area contributed by atoms with Gasteiger partial charge in [-0.15, -0.1) is 0 Å². The first-order valence-corrected chi connectivity index (χ1v) is 5.22. The van der Waals surface area contributed by atoms with Crippen molar-refractivity contribution in [3.05, 3.63) is 52.2 Å². The number of hydrogen-bond acceptors (Lipinski definition) is 3. The van der Waals surface area contributed by atoms with Crippen LogP contribution in [0.3, 0.4) is 0 Å². The summed E-state index contributed by atoms with van der Waals surface area (Å²) in [6.07, 6.45) is 4.17. The topological polar surface area (TPSA) is 47.8 Å². The van der Waals surface area contributed by atoms with Crippen molar-refractivity contribution in [1.82, 2.24) is 14.8 Å². The number of rotatable bonds is 2. The molecule has 4 heteroatoms. The molecule has 2 aromatic heterocycles. The highest BCUT2D eigenvalue weighted by Gasteiger charge is 2.03. The molecule has 0 atom stereocenters. The molecule has 82 valence electrons. The summed E-state index contributed by atoms with van der Waals surface area (Å²) in [5.74, 6) is 0. The van der Waals surface area contributed by atoms with Crippen LogP contribution < -0.4 is 5.56 Å². The van der Waals surface area contributed by atoms with Gasteiger partial charge in [-0.05, 0) is 31.5 Å². The van der Waals surface area contributed by atoms with Crippen LogP contribution in [0.4, 0.5) is 0 Å². The highest BCUT2D eigenvalue weighted by Crippen LogP contribution is 2.03. The molecule has 2 aromatic rings. The molecule has 0 aromatic carbocycles. The lowest BCUT2D eigenvalue weighted by molar-refractivity contribution is 0.790. The Morgan fingerprint density at radius 2 is 2.12 bits per heavy atom. The molecule has 4 nitrogen and oxygen atoms in total. The number of nitrogens with zero attached hydrogens (tertiary/aromatic N) is 3. The molecule has 0 N–H and O–H groups in total. The second-order valence-corrected chi connectivity index (χ2v) is 3.59. The van der Waals surface area contributed by atoms with Gasteiger partial charge in [-0.2, -0.15) is 9.78 Å². The molecule has 0 unspecified atom stereocenters. The summed E-state index contributed by atoms with van der Waals surface area (Å²) in [6, 6.07) is 5.47. The Morgan fingerprint density at radius 1 is 1.31 bits per heavy atom. The summed E-state index contributed by atoms with van der Waals surface area (Å²) < 4.78 is 1.36. The van der Waals surface area contributed by atoms with Crippen LogP contribution in [0.1, 0.15) is 18.2 Å². The Balaban J connectivity index is 2.51. The largest absolute Gasteiger partial charge is 0.274 e. The quantitative estimate of drug-likeness (QED) is 0.762. The normalized spacial score (nSPS) is 10.4. The van der Waals surface area contributed by atoms with E-state index in [1.165, 1.54) is 4.68 Å². The van der Waals surface area contributed by atoms with Crippen molar-refractivity contribution in [2.75, 3.05) is 0 Å². The summed E-state index contributed by atoms with van der Waals surface area (Å²) in [4.78, 5) is 16.0. The molecule has 0 amide bonds. The Hall–Kier alpha value is -1.97. The van der Waals surface area contributed by atoms with Crippen LogP contribution in [-0.2, 0) is 6.42 Å². The first kappa shape index (κ1) is 10.5. The van der Waals surface area contributed by atoms with Crippen LogP contribution in [-0.4, -0.2) is 14.8 Å². The third kappa shape index (κ3) is 1.86. The van der Waals surface area contributed by atoms with Crippen LogP contribution in [0.15, 0.2) is 35.4 Å². The fourth-order valence-electron chi connectivity index (χ4n) is 1.44. The SMILES string of the molecule is CCc1ccc(-n2nccc(C)c2=O)cn1. The van der Waals surface area contributed by atoms with Crippen molar-refractivity contribution in [1.29, 1.82) is 0 Å². The van der Waals surface area contributed by atoms with E-state index in [0.717, 1.165) is 12.1 Å². The third-order valence-corrected chi connectivity index (χ3v) is 2.45. The molecule has 0 saturated carbocycles. The molecular weight excluding hydrogens is 202 g/mol. The lowest BCUT2D eigenvalue weighted by atomic mass is 10.3. The average Bonchev–Trinajstić information content (AvgIpc) is 2.33. The van der Waals surface area contributed by atoms with Gasteiger partial charge >= 0.3 is 0 Å². The smallest absolute Gasteiger partial charge is 0.267 e. The monoisotopic (exact) mass is 215 g/mol. The zero-order valence-corrected chi connectivity index (χ0v) is 9.34. The van der Waals surface area contributed by atoms with E-state index in [2.05, 4.69) is 10.1 Å². The molecule has 0 radical (unpaired) electrons. The van der Waals surface area contributed by atoms with Crippen LogP contribution >= 0.6 is 0 Å². The molecule has 0 aliphatic rings. The van der Waals surface area contributed by atoms with E-state index in [0.29, 0.717) is 11.3 Å². The third-order valence-electron chi connectivity index (χ3n) is 2.45. The molecule has 2 heterocycles. The number of pyridine rings is 1. The van der Waals surface area contributed by atoms with Crippen molar-refractivity contribution >= 4 is 0 Å². The molecule has 2 rings (SSSR count). The lowest BCUT2D eigenvalue weighted by Gasteiger charge is -2.04. The molecule has 16 heavy (non-hydrogen) atoms. The van der Waals surface area contributed by atoms with Crippen LogP contribution in [0, 0.1) is 6.92 Å². The van der Waals surface area contributed by atoms with Crippen molar-refractivity contribution in [3.8, 4) is 5.69 Å². The van der Waals surface area contributed by atoms with E-state index in [9.17, 15) is 4.79 Å². The average molecular weight is 215 g/mol. The van der Waals surface area contributed by atoms with E-state index in [1.54, 1.807) is 25.4 Å². The van der Waals surface area contributed by atoms with Gasteiger partial charge in [0, 0.05) is 17.5 Å². The first-order chi connectivity index (χ1) is 7.72. The minimum Gasteiger partial charge on any atom is -0.267 e. The number of aryl methyl sites for hydroxylation is 2. The predicted octanol–water partition coefficient (Wildman–Crippen LogP) is 1.50. The van der Waals surface area contributed by atoms with Gasteiger partial charge in [0.05, 0.1) is 11.9 Å². The van der Waals surface area contributed by atoms with Crippen molar-refractivity contribution in [2.24, 2.45) is 0 Å². The molecule has 0 spiro atoms. The Bertz CT molecular complexity index is 543. The van der Waals surface area contributed by atoms with Gasteiger partial charge in [-0.1, -0.05) is 6.92 Å². The van der Waals surface area contributed by atoms with Gasteiger partial charge in [-0.3, -0.25) is 9.78 Å². The standard InChI is InChI=1S/C12H13N3O/c1-3-10-4-5-11(8-13-10)15-12(16)9(2)6-7-14-15/h4-8H,3H2,1-2H3. The van der Waals surface area contributed by atoms with E-state index in [4.69, 9.17) is 0 Å². The zero-order valence-electron chi connectivity index (χ0n) is 9.34. The number of aromatic nitrogens is 3.